The highest BCUT2D eigenvalue weighted by Gasteiger charge is 2.60. The van der Waals surface area contributed by atoms with Crippen LogP contribution in [0.3, 0.4) is 0 Å². The Labute approximate surface area is 196 Å². The molecule has 0 amide bonds. The van der Waals surface area contributed by atoms with Crippen LogP contribution >= 0.6 is 0 Å². The molecule has 182 valence electrons. The van der Waals surface area contributed by atoms with Crippen LogP contribution in [0.15, 0.2) is 10.3 Å². The van der Waals surface area contributed by atoms with Crippen LogP contribution < -0.4 is 0 Å². The third-order valence-electron chi connectivity index (χ3n) is 9.98. The molecule has 0 aromatic carbocycles. The standard InChI is InChI=1S/C26H46N2O3Si/c1-25-14-12-19(27-29-3)16-18(25)8-9-20-21-10-11-23(26(21,2)15-13-22(20)25)24(28-30-4)17-31-32(5,6)7/h18,20-23H,8-17H2,1-7H3/b27-19-,28-24+/t18-,20-,21-,22-,23+,25-,26-/m0/s1. The number of rotatable bonds is 6. The summed E-state index contributed by atoms with van der Waals surface area (Å²) < 4.78 is 6.31. The Balaban J connectivity index is 1.53. The van der Waals surface area contributed by atoms with Crippen molar-refractivity contribution >= 4 is 19.7 Å². The normalized spacial score (nSPS) is 43.4. The molecule has 4 saturated carbocycles. The van der Waals surface area contributed by atoms with Gasteiger partial charge in [0.2, 0.25) is 0 Å². The van der Waals surface area contributed by atoms with Crippen molar-refractivity contribution in [1.82, 2.24) is 0 Å². The Morgan fingerprint density at radius 2 is 1.69 bits per heavy atom. The summed E-state index contributed by atoms with van der Waals surface area (Å²) in [7, 11) is 1.78. The van der Waals surface area contributed by atoms with Gasteiger partial charge in [-0.1, -0.05) is 24.2 Å². The number of nitrogens with zero attached hydrogens (tertiary/aromatic N) is 2. The Hall–Kier alpha value is -0.883. The lowest BCUT2D eigenvalue weighted by Gasteiger charge is -2.60. The molecule has 0 N–H and O–H groups in total. The van der Waals surface area contributed by atoms with Crippen molar-refractivity contribution < 1.29 is 14.1 Å². The zero-order valence-corrected chi connectivity index (χ0v) is 22.6. The van der Waals surface area contributed by atoms with Gasteiger partial charge >= 0.3 is 0 Å². The smallest absolute Gasteiger partial charge is 0.184 e. The van der Waals surface area contributed by atoms with E-state index >= 15 is 0 Å². The van der Waals surface area contributed by atoms with Gasteiger partial charge in [0.25, 0.3) is 0 Å². The summed E-state index contributed by atoms with van der Waals surface area (Å²) >= 11 is 0. The average molecular weight is 463 g/mol. The first-order valence-corrected chi connectivity index (χ1v) is 16.4. The molecular formula is C26H46N2O3Si. The van der Waals surface area contributed by atoms with Crippen molar-refractivity contribution in [3.8, 4) is 0 Å². The topological polar surface area (TPSA) is 52.4 Å². The van der Waals surface area contributed by atoms with Gasteiger partial charge in [0.15, 0.2) is 8.32 Å². The molecule has 4 fully saturated rings. The zero-order chi connectivity index (χ0) is 23.1. The van der Waals surface area contributed by atoms with Crippen LogP contribution in [0.1, 0.15) is 71.6 Å². The minimum Gasteiger partial charge on any atom is -0.412 e. The Kier molecular flexibility index (Phi) is 6.86. The van der Waals surface area contributed by atoms with E-state index in [0.717, 1.165) is 42.2 Å². The second-order valence-electron chi connectivity index (χ2n) is 12.5. The molecule has 4 aliphatic rings. The van der Waals surface area contributed by atoms with Crippen LogP contribution in [0, 0.1) is 40.4 Å². The van der Waals surface area contributed by atoms with Crippen molar-refractivity contribution in [2.45, 2.75) is 91.3 Å². The van der Waals surface area contributed by atoms with Crippen LogP contribution in [0.2, 0.25) is 19.6 Å². The molecule has 4 rings (SSSR count). The molecule has 0 heterocycles. The fourth-order valence-electron chi connectivity index (χ4n) is 8.42. The van der Waals surface area contributed by atoms with E-state index in [1.807, 2.05) is 0 Å². The number of hydrogen-bond acceptors (Lipinski definition) is 5. The van der Waals surface area contributed by atoms with Crippen LogP contribution in [-0.4, -0.2) is 40.6 Å². The first kappa shape index (κ1) is 24.2. The Morgan fingerprint density at radius 1 is 0.938 bits per heavy atom. The first-order valence-electron chi connectivity index (χ1n) is 12.9. The second-order valence-corrected chi connectivity index (χ2v) is 17.1. The molecule has 0 bridgehead atoms. The van der Waals surface area contributed by atoms with Crippen LogP contribution in [-0.2, 0) is 14.1 Å². The van der Waals surface area contributed by atoms with Gasteiger partial charge in [-0.05, 0) is 112 Å². The van der Waals surface area contributed by atoms with E-state index in [-0.39, 0.29) is 0 Å². The largest absolute Gasteiger partial charge is 0.412 e. The highest BCUT2D eigenvalue weighted by molar-refractivity contribution is 6.69. The molecular weight excluding hydrogens is 416 g/mol. The van der Waals surface area contributed by atoms with E-state index in [1.165, 1.54) is 50.7 Å². The summed E-state index contributed by atoms with van der Waals surface area (Å²) in [6, 6.07) is 0. The lowest BCUT2D eigenvalue weighted by Crippen LogP contribution is -2.54. The van der Waals surface area contributed by atoms with Crippen molar-refractivity contribution in [3.05, 3.63) is 0 Å². The number of fused-ring (bicyclic) bond motifs is 5. The molecule has 0 unspecified atom stereocenters. The Bertz CT molecular complexity index is 748. The predicted molar refractivity (Wildman–Crippen MR) is 133 cm³/mol. The lowest BCUT2D eigenvalue weighted by atomic mass is 9.44. The van der Waals surface area contributed by atoms with Gasteiger partial charge in [-0.15, -0.1) is 0 Å². The lowest BCUT2D eigenvalue weighted by molar-refractivity contribution is -0.0965. The maximum atomic E-state index is 6.31. The third kappa shape index (κ3) is 4.31. The molecule has 6 heteroatoms. The molecule has 32 heavy (non-hydrogen) atoms. The van der Waals surface area contributed by atoms with E-state index in [1.54, 1.807) is 14.2 Å². The number of hydrogen-bond donors (Lipinski definition) is 0. The zero-order valence-electron chi connectivity index (χ0n) is 21.6. The van der Waals surface area contributed by atoms with Gasteiger partial charge < -0.3 is 14.1 Å². The molecule has 0 aromatic rings. The summed E-state index contributed by atoms with van der Waals surface area (Å²) in [5, 5.41) is 8.88. The monoisotopic (exact) mass is 462 g/mol. The SMILES string of the molecule is CO/N=C1/CC[C@@]2(C)[C@@H](CC[C@@H]3[C@@H]2CC[C@]2(C)[C@@H](/C(CO[Si](C)(C)C)=N/OC)CC[C@@H]32)C1. The van der Waals surface area contributed by atoms with E-state index < -0.39 is 8.32 Å². The van der Waals surface area contributed by atoms with Crippen molar-refractivity contribution in [2.75, 3.05) is 20.8 Å². The van der Waals surface area contributed by atoms with Crippen LogP contribution in [0.25, 0.3) is 0 Å². The highest BCUT2D eigenvalue weighted by atomic mass is 28.4. The fourth-order valence-corrected chi connectivity index (χ4v) is 9.00. The molecule has 7 atom stereocenters. The molecule has 0 aliphatic heterocycles. The summed E-state index contributed by atoms with van der Waals surface area (Å²) in [5.74, 6) is 3.82. The molecule has 0 aromatic heterocycles. The first-order chi connectivity index (χ1) is 15.1. The maximum absolute atomic E-state index is 6.31. The summed E-state index contributed by atoms with van der Waals surface area (Å²) in [4.78, 5) is 10.5. The second kappa shape index (κ2) is 9.05. The molecule has 4 aliphatic carbocycles. The van der Waals surface area contributed by atoms with Gasteiger partial charge in [-0.2, -0.15) is 0 Å². The minimum absolute atomic E-state index is 0.335. The van der Waals surface area contributed by atoms with Gasteiger partial charge in [-0.3, -0.25) is 0 Å². The average Bonchev–Trinajstić information content (AvgIpc) is 3.08. The van der Waals surface area contributed by atoms with E-state index in [4.69, 9.17) is 14.1 Å². The third-order valence-corrected chi connectivity index (χ3v) is 11.0. The van der Waals surface area contributed by atoms with Gasteiger partial charge in [0.05, 0.1) is 18.0 Å². The quantitative estimate of drug-likeness (QED) is 0.257. The fraction of sp³-hybridized carbons (Fsp3) is 0.923. The molecule has 5 nitrogen and oxygen atoms in total. The predicted octanol–water partition coefficient (Wildman–Crippen LogP) is 6.50. The van der Waals surface area contributed by atoms with Crippen LogP contribution in [0.4, 0.5) is 0 Å². The van der Waals surface area contributed by atoms with Crippen molar-refractivity contribution in [2.24, 2.45) is 50.7 Å². The molecule has 0 radical (unpaired) electrons. The van der Waals surface area contributed by atoms with Gasteiger partial charge in [0.1, 0.15) is 14.2 Å². The summed E-state index contributed by atoms with van der Waals surface area (Å²) in [6.07, 6.45) is 11.6. The van der Waals surface area contributed by atoms with Crippen molar-refractivity contribution in [3.63, 3.8) is 0 Å². The van der Waals surface area contributed by atoms with Gasteiger partial charge in [0, 0.05) is 5.92 Å². The van der Waals surface area contributed by atoms with E-state index in [0.29, 0.717) is 23.4 Å². The number of oxime groups is 2. The highest BCUT2D eigenvalue weighted by Crippen LogP contribution is 2.67. The maximum Gasteiger partial charge on any atom is 0.184 e. The van der Waals surface area contributed by atoms with E-state index in [2.05, 4.69) is 43.8 Å². The minimum atomic E-state index is -1.59. The van der Waals surface area contributed by atoms with Gasteiger partial charge in [-0.25, -0.2) is 0 Å². The van der Waals surface area contributed by atoms with Crippen LogP contribution in [0.5, 0.6) is 0 Å². The summed E-state index contributed by atoms with van der Waals surface area (Å²) in [5.41, 5.74) is 3.26. The molecule has 0 saturated heterocycles. The van der Waals surface area contributed by atoms with Crippen molar-refractivity contribution in [1.29, 1.82) is 0 Å². The molecule has 0 spiro atoms. The Morgan fingerprint density at radius 3 is 2.38 bits per heavy atom. The summed E-state index contributed by atoms with van der Waals surface area (Å²) in [6.45, 7) is 12.6. The van der Waals surface area contributed by atoms with E-state index in [9.17, 15) is 0 Å².